The van der Waals surface area contributed by atoms with E-state index < -0.39 is 12.0 Å². The Morgan fingerprint density at radius 1 is 1.32 bits per heavy atom. The van der Waals surface area contributed by atoms with Crippen LogP contribution in [0.3, 0.4) is 0 Å². The fourth-order valence-electron chi connectivity index (χ4n) is 3.49. The first-order valence-corrected chi connectivity index (χ1v) is 10.1. The first-order valence-electron chi connectivity index (χ1n) is 8.54. The molecule has 1 aromatic heterocycles. The topological polar surface area (TPSA) is 40.5 Å². The largest absolute Gasteiger partial charge is 0.480 e. The lowest BCUT2D eigenvalue weighted by molar-refractivity contribution is -0.145. The predicted octanol–water partition coefficient (Wildman–Crippen LogP) is 5.65. The Labute approximate surface area is 162 Å². The summed E-state index contributed by atoms with van der Waals surface area (Å²) in [4.78, 5) is 16.3. The number of aliphatic carboxylic acids is 1. The van der Waals surface area contributed by atoms with Gasteiger partial charge in [-0.1, -0.05) is 48.7 Å². The normalized spacial score (nSPS) is 19.7. The van der Waals surface area contributed by atoms with E-state index in [0.29, 0.717) is 16.5 Å². The van der Waals surface area contributed by atoms with Gasteiger partial charge in [-0.15, -0.1) is 11.3 Å². The summed E-state index contributed by atoms with van der Waals surface area (Å²) in [7, 11) is 0. The minimum Gasteiger partial charge on any atom is -0.480 e. The molecule has 0 aliphatic carbocycles. The molecular weight excluding hydrogens is 377 g/mol. The number of likely N-dealkylation sites (tertiary alicyclic amines) is 1. The first kappa shape index (κ1) is 18.7. The Bertz CT molecular complexity index is 762. The maximum Gasteiger partial charge on any atom is 0.320 e. The predicted molar refractivity (Wildman–Crippen MR) is 104 cm³/mol. The quantitative estimate of drug-likeness (QED) is 0.708. The standard InChI is InChI=1S/C19H21Cl2NO2S/c1-2-12-9-10-16(25-12)18(13-6-5-7-14(20)17(13)21)22-11-4-3-8-15(22)19(23)24/h5-7,9-10,15,18H,2-4,8,11H2,1H3,(H,23,24). The van der Waals surface area contributed by atoms with Gasteiger partial charge in [-0.05, 0) is 49.6 Å². The van der Waals surface area contributed by atoms with Gasteiger partial charge in [-0.25, -0.2) is 0 Å². The van der Waals surface area contributed by atoms with Gasteiger partial charge >= 0.3 is 5.97 Å². The fraction of sp³-hybridized carbons (Fsp3) is 0.421. The van der Waals surface area contributed by atoms with Crippen molar-refractivity contribution in [2.24, 2.45) is 0 Å². The summed E-state index contributed by atoms with van der Waals surface area (Å²) in [6, 6.07) is 9.13. The Morgan fingerprint density at radius 2 is 2.12 bits per heavy atom. The highest BCUT2D eigenvalue weighted by Crippen LogP contribution is 2.41. The van der Waals surface area contributed by atoms with E-state index in [-0.39, 0.29) is 6.04 Å². The fourth-order valence-corrected chi connectivity index (χ4v) is 4.99. The third-order valence-electron chi connectivity index (χ3n) is 4.74. The SMILES string of the molecule is CCc1ccc(C(c2cccc(Cl)c2Cl)N2CCCCC2C(=O)O)s1. The van der Waals surface area contributed by atoms with Crippen LogP contribution in [0.2, 0.25) is 10.0 Å². The van der Waals surface area contributed by atoms with Gasteiger partial charge in [0.2, 0.25) is 0 Å². The Kier molecular flexibility index (Phi) is 6.05. The minimum atomic E-state index is -0.768. The molecular formula is C19H21Cl2NO2S. The summed E-state index contributed by atoms with van der Waals surface area (Å²) < 4.78 is 0. The van der Waals surface area contributed by atoms with E-state index in [0.717, 1.165) is 36.2 Å². The van der Waals surface area contributed by atoms with E-state index in [9.17, 15) is 9.90 Å². The minimum absolute atomic E-state index is 0.183. The van der Waals surface area contributed by atoms with Crippen LogP contribution in [0.25, 0.3) is 0 Å². The zero-order valence-corrected chi connectivity index (χ0v) is 16.4. The highest BCUT2D eigenvalue weighted by Gasteiger charge is 2.36. The van der Waals surface area contributed by atoms with E-state index in [2.05, 4.69) is 24.0 Å². The summed E-state index contributed by atoms with van der Waals surface area (Å²) in [6.45, 7) is 2.86. The van der Waals surface area contributed by atoms with Crippen molar-refractivity contribution in [2.45, 2.75) is 44.7 Å². The van der Waals surface area contributed by atoms with Crippen molar-refractivity contribution < 1.29 is 9.90 Å². The summed E-state index contributed by atoms with van der Waals surface area (Å²) in [5, 5.41) is 10.7. The molecule has 0 saturated carbocycles. The molecule has 1 aliphatic rings. The molecule has 0 bridgehead atoms. The highest BCUT2D eigenvalue weighted by molar-refractivity contribution is 7.12. The Hall–Kier alpha value is -1.07. The van der Waals surface area contributed by atoms with Crippen LogP contribution < -0.4 is 0 Å². The van der Waals surface area contributed by atoms with Crippen LogP contribution >= 0.6 is 34.5 Å². The Balaban J connectivity index is 2.11. The molecule has 6 heteroatoms. The number of halogens is 2. The molecule has 2 atom stereocenters. The molecule has 1 aromatic carbocycles. The van der Waals surface area contributed by atoms with Crippen molar-refractivity contribution >= 4 is 40.5 Å². The number of rotatable bonds is 5. The molecule has 2 aromatic rings. The van der Waals surface area contributed by atoms with Crippen LogP contribution in [-0.4, -0.2) is 28.6 Å². The molecule has 25 heavy (non-hydrogen) atoms. The van der Waals surface area contributed by atoms with Crippen molar-refractivity contribution in [1.82, 2.24) is 4.90 Å². The number of hydrogen-bond donors (Lipinski definition) is 1. The lowest BCUT2D eigenvalue weighted by Gasteiger charge is -2.39. The number of hydrogen-bond acceptors (Lipinski definition) is 3. The van der Waals surface area contributed by atoms with Gasteiger partial charge in [0.1, 0.15) is 6.04 Å². The molecule has 1 fully saturated rings. The van der Waals surface area contributed by atoms with Crippen molar-refractivity contribution in [3.8, 4) is 0 Å². The summed E-state index contributed by atoms with van der Waals surface area (Å²) in [5.74, 6) is -0.768. The number of nitrogens with zero attached hydrogens (tertiary/aromatic N) is 1. The van der Waals surface area contributed by atoms with Gasteiger partial charge in [-0.2, -0.15) is 0 Å². The molecule has 0 spiro atoms. The van der Waals surface area contributed by atoms with Crippen LogP contribution in [0.4, 0.5) is 0 Å². The molecule has 1 N–H and O–H groups in total. The van der Waals surface area contributed by atoms with Crippen LogP contribution in [0.15, 0.2) is 30.3 Å². The molecule has 3 nitrogen and oxygen atoms in total. The van der Waals surface area contributed by atoms with Crippen molar-refractivity contribution in [1.29, 1.82) is 0 Å². The number of thiophene rings is 1. The summed E-state index contributed by atoms with van der Waals surface area (Å²) in [5.41, 5.74) is 0.881. The van der Waals surface area contributed by atoms with E-state index in [1.807, 2.05) is 12.1 Å². The number of carbonyl (C=O) groups is 1. The average Bonchev–Trinajstić information content (AvgIpc) is 3.08. The first-order chi connectivity index (χ1) is 12.0. The number of aryl methyl sites for hydroxylation is 1. The second kappa shape index (κ2) is 8.09. The highest BCUT2D eigenvalue weighted by atomic mass is 35.5. The zero-order valence-electron chi connectivity index (χ0n) is 14.0. The second-order valence-corrected chi connectivity index (χ2v) is 8.28. The molecule has 2 unspecified atom stereocenters. The van der Waals surface area contributed by atoms with Gasteiger partial charge < -0.3 is 5.11 Å². The lowest BCUT2D eigenvalue weighted by Crippen LogP contribution is -2.46. The molecule has 2 heterocycles. The number of piperidine rings is 1. The average molecular weight is 398 g/mol. The monoisotopic (exact) mass is 397 g/mol. The van der Waals surface area contributed by atoms with E-state index in [1.165, 1.54) is 4.88 Å². The van der Waals surface area contributed by atoms with Crippen LogP contribution in [0.1, 0.15) is 47.5 Å². The van der Waals surface area contributed by atoms with Crippen LogP contribution in [-0.2, 0) is 11.2 Å². The van der Waals surface area contributed by atoms with Crippen molar-refractivity contribution in [3.63, 3.8) is 0 Å². The van der Waals surface area contributed by atoms with E-state index >= 15 is 0 Å². The molecule has 3 rings (SSSR count). The molecule has 134 valence electrons. The van der Waals surface area contributed by atoms with E-state index in [4.69, 9.17) is 23.2 Å². The maximum atomic E-state index is 11.8. The van der Waals surface area contributed by atoms with E-state index in [1.54, 1.807) is 17.4 Å². The third kappa shape index (κ3) is 3.87. The zero-order chi connectivity index (χ0) is 18.0. The van der Waals surface area contributed by atoms with Gasteiger partial charge in [0.15, 0.2) is 0 Å². The van der Waals surface area contributed by atoms with Crippen LogP contribution in [0.5, 0.6) is 0 Å². The lowest BCUT2D eigenvalue weighted by atomic mass is 9.95. The van der Waals surface area contributed by atoms with Gasteiger partial charge in [0.05, 0.1) is 16.1 Å². The van der Waals surface area contributed by atoms with Gasteiger partial charge in [-0.3, -0.25) is 9.69 Å². The second-order valence-electron chi connectivity index (χ2n) is 6.29. The van der Waals surface area contributed by atoms with Gasteiger partial charge in [0.25, 0.3) is 0 Å². The van der Waals surface area contributed by atoms with Crippen molar-refractivity contribution in [2.75, 3.05) is 6.54 Å². The summed E-state index contributed by atoms with van der Waals surface area (Å²) >= 11 is 14.5. The van der Waals surface area contributed by atoms with Crippen molar-refractivity contribution in [3.05, 3.63) is 55.7 Å². The summed E-state index contributed by atoms with van der Waals surface area (Å²) in [6.07, 6.45) is 3.55. The number of benzene rings is 1. The smallest absolute Gasteiger partial charge is 0.320 e. The molecule has 0 radical (unpaired) electrons. The molecule has 1 aliphatic heterocycles. The number of carboxylic acid groups (broad SMARTS) is 1. The van der Waals surface area contributed by atoms with Crippen LogP contribution in [0, 0.1) is 0 Å². The number of carboxylic acids is 1. The Morgan fingerprint density at radius 3 is 2.80 bits per heavy atom. The molecule has 0 amide bonds. The third-order valence-corrected chi connectivity index (χ3v) is 6.85. The maximum absolute atomic E-state index is 11.8. The molecule has 1 saturated heterocycles. The van der Waals surface area contributed by atoms with Gasteiger partial charge in [0, 0.05) is 9.75 Å².